The fourth-order valence-corrected chi connectivity index (χ4v) is 5.52. The number of nitrogens with two attached hydrogens (primary N) is 2. The molecule has 0 saturated heterocycles. The van der Waals surface area contributed by atoms with E-state index in [-0.39, 0.29) is 10.3 Å². The minimum Gasteiger partial charge on any atom is -0.369 e. The summed E-state index contributed by atoms with van der Waals surface area (Å²) in [5.74, 6) is 0.0998. The van der Waals surface area contributed by atoms with E-state index in [1.165, 1.54) is 19.3 Å². The predicted octanol–water partition coefficient (Wildman–Crippen LogP) is 4.75. The molecule has 0 atom stereocenters. The lowest BCUT2D eigenvalue weighted by Crippen LogP contribution is -2.35. The van der Waals surface area contributed by atoms with Crippen LogP contribution in [0, 0.1) is 12.8 Å². The second-order valence-corrected chi connectivity index (χ2v) is 12.7. The number of primary sulfonamides is 1. The van der Waals surface area contributed by atoms with Crippen LogP contribution in [-0.4, -0.2) is 18.9 Å². The van der Waals surface area contributed by atoms with Gasteiger partial charge in [0, 0.05) is 17.9 Å². The minimum absolute atomic E-state index is 0.158. The Kier molecular flexibility index (Phi) is 6.89. The third-order valence-electron chi connectivity index (χ3n) is 7.22. The molecule has 1 aliphatic rings. The maximum Gasteiger partial charge on any atom is 0.239 e. The molecule has 1 amide bonds. The number of amides is 1. The molecule has 0 radical (unpaired) electrons. The first-order chi connectivity index (χ1) is 15.1. The number of rotatable bonds is 6. The van der Waals surface area contributed by atoms with E-state index in [0.717, 1.165) is 41.8 Å². The van der Waals surface area contributed by atoms with Gasteiger partial charge in [0.15, 0.2) is 0 Å². The van der Waals surface area contributed by atoms with Gasteiger partial charge in [0.1, 0.15) is 4.90 Å². The Morgan fingerprint density at radius 3 is 2.09 bits per heavy atom. The fourth-order valence-electron chi connectivity index (χ4n) is 4.72. The molecule has 4 N–H and O–H groups in total. The Morgan fingerprint density at radius 2 is 1.58 bits per heavy atom. The molecule has 1 fully saturated rings. The van der Waals surface area contributed by atoms with E-state index in [9.17, 15) is 13.2 Å². The van der Waals surface area contributed by atoms with Crippen LogP contribution < -0.4 is 10.9 Å². The van der Waals surface area contributed by atoms with Crippen LogP contribution in [0.1, 0.15) is 83.5 Å². The lowest BCUT2D eigenvalue weighted by Gasteiger charge is -2.28. The van der Waals surface area contributed by atoms with Crippen LogP contribution >= 0.6 is 0 Å². The van der Waals surface area contributed by atoms with Crippen molar-refractivity contribution in [2.45, 2.75) is 95.9 Å². The number of sulfonamides is 1. The van der Waals surface area contributed by atoms with E-state index in [1.807, 2.05) is 32.9 Å². The first-order valence-electron chi connectivity index (χ1n) is 11.8. The van der Waals surface area contributed by atoms with Crippen molar-refractivity contribution in [1.82, 2.24) is 4.57 Å². The van der Waals surface area contributed by atoms with Crippen molar-refractivity contribution in [3.8, 4) is 11.3 Å². The molecule has 6 nitrogen and oxygen atoms in total. The SMILES string of the molecule is Cc1c(S(N)(=O)=O)cc(-c2cc(C(C)(C)C)cc(C(C)(C)C(N)=O)c2)n1CC1CCCCC1. The average molecular weight is 474 g/mol. The largest absolute Gasteiger partial charge is 0.369 e. The molecule has 3 rings (SSSR count). The van der Waals surface area contributed by atoms with E-state index < -0.39 is 21.3 Å². The third kappa shape index (κ3) is 5.35. The van der Waals surface area contributed by atoms with Crippen molar-refractivity contribution in [3.05, 3.63) is 41.1 Å². The summed E-state index contributed by atoms with van der Waals surface area (Å²) in [6, 6.07) is 7.80. The number of primary amides is 1. The average Bonchev–Trinajstić information content (AvgIpc) is 3.04. The molecule has 33 heavy (non-hydrogen) atoms. The number of nitrogens with zero attached hydrogens (tertiary/aromatic N) is 1. The lowest BCUT2D eigenvalue weighted by atomic mass is 9.78. The number of hydrogen-bond acceptors (Lipinski definition) is 3. The van der Waals surface area contributed by atoms with Gasteiger partial charge in [-0.25, -0.2) is 13.6 Å². The molecule has 2 aromatic rings. The summed E-state index contributed by atoms with van der Waals surface area (Å²) in [7, 11) is -3.87. The number of hydrogen-bond donors (Lipinski definition) is 2. The normalized spacial score (nSPS) is 16.2. The highest BCUT2D eigenvalue weighted by molar-refractivity contribution is 7.89. The topological polar surface area (TPSA) is 108 Å². The summed E-state index contributed by atoms with van der Waals surface area (Å²) in [6.07, 6.45) is 5.96. The van der Waals surface area contributed by atoms with E-state index >= 15 is 0 Å². The van der Waals surface area contributed by atoms with Crippen LogP contribution in [0.5, 0.6) is 0 Å². The molecule has 1 aromatic carbocycles. The standard InChI is InChI=1S/C26H39N3O3S/c1-17-23(33(28,31)32)15-22(29(17)16-18-10-8-7-9-11-18)19-12-20(25(2,3)4)14-21(13-19)26(5,6)24(27)30/h12-15,18H,7-11,16H2,1-6H3,(H2,27,30)(H2,28,31,32). The smallest absolute Gasteiger partial charge is 0.239 e. The highest BCUT2D eigenvalue weighted by atomic mass is 32.2. The molecule has 1 saturated carbocycles. The van der Waals surface area contributed by atoms with Gasteiger partial charge in [-0.3, -0.25) is 4.79 Å². The van der Waals surface area contributed by atoms with Gasteiger partial charge >= 0.3 is 0 Å². The zero-order valence-electron chi connectivity index (χ0n) is 20.9. The second kappa shape index (κ2) is 8.91. The minimum atomic E-state index is -3.87. The second-order valence-electron chi connectivity index (χ2n) is 11.2. The number of benzene rings is 1. The van der Waals surface area contributed by atoms with Gasteiger partial charge in [-0.2, -0.15) is 0 Å². The Hall–Kier alpha value is -2.12. The highest BCUT2D eigenvalue weighted by Crippen LogP contribution is 2.37. The quantitative estimate of drug-likeness (QED) is 0.632. The van der Waals surface area contributed by atoms with Crippen LogP contribution in [0.4, 0.5) is 0 Å². The van der Waals surface area contributed by atoms with Crippen molar-refractivity contribution < 1.29 is 13.2 Å². The summed E-state index contributed by atoms with van der Waals surface area (Å²) < 4.78 is 26.9. The van der Waals surface area contributed by atoms with Gasteiger partial charge in [-0.15, -0.1) is 0 Å². The van der Waals surface area contributed by atoms with Gasteiger partial charge < -0.3 is 10.3 Å². The molecule has 0 bridgehead atoms. The zero-order valence-corrected chi connectivity index (χ0v) is 21.7. The fraction of sp³-hybridized carbons (Fsp3) is 0.577. The van der Waals surface area contributed by atoms with Gasteiger partial charge in [0.05, 0.1) is 5.41 Å². The maximum atomic E-state index is 12.4. The van der Waals surface area contributed by atoms with Gasteiger partial charge in [0.2, 0.25) is 15.9 Å². The Balaban J connectivity index is 2.26. The van der Waals surface area contributed by atoms with Crippen molar-refractivity contribution in [2.75, 3.05) is 0 Å². The van der Waals surface area contributed by atoms with Gasteiger partial charge in [-0.05, 0) is 79.8 Å². The monoisotopic (exact) mass is 473 g/mol. The molecule has 0 spiro atoms. The molecular weight excluding hydrogens is 434 g/mol. The van der Waals surface area contributed by atoms with Crippen molar-refractivity contribution in [2.24, 2.45) is 16.8 Å². The third-order valence-corrected chi connectivity index (χ3v) is 8.25. The van der Waals surface area contributed by atoms with E-state index in [4.69, 9.17) is 10.9 Å². The van der Waals surface area contributed by atoms with Crippen molar-refractivity contribution in [1.29, 1.82) is 0 Å². The predicted molar refractivity (Wildman–Crippen MR) is 133 cm³/mol. The maximum absolute atomic E-state index is 12.4. The summed E-state index contributed by atoms with van der Waals surface area (Å²) in [5.41, 5.74) is 8.94. The van der Waals surface area contributed by atoms with Gasteiger partial charge in [0.25, 0.3) is 0 Å². The Morgan fingerprint density at radius 1 is 1.00 bits per heavy atom. The highest BCUT2D eigenvalue weighted by Gasteiger charge is 2.31. The summed E-state index contributed by atoms with van der Waals surface area (Å²) in [6.45, 7) is 12.6. The van der Waals surface area contributed by atoms with Crippen molar-refractivity contribution in [3.63, 3.8) is 0 Å². The molecule has 182 valence electrons. The molecule has 1 heterocycles. The van der Waals surface area contributed by atoms with Crippen LogP contribution in [0.25, 0.3) is 11.3 Å². The van der Waals surface area contributed by atoms with Crippen LogP contribution in [0.15, 0.2) is 29.2 Å². The lowest BCUT2D eigenvalue weighted by molar-refractivity contribution is -0.122. The Labute approximate surface area is 198 Å². The number of aromatic nitrogens is 1. The summed E-state index contributed by atoms with van der Waals surface area (Å²) in [5, 5.41) is 5.59. The van der Waals surface area contributed by atoms with Crippen LogP contribution in [-0.2, 0) is 32.2 Å². The van der Waals surface area contributed by atoms with E-state index in [2.05, 4.69) is 31.4 Å². The molecule has 7 heteroatoms. The molecular formula is C26H39N3O3S. The Bertz CT molecular complexity index is 1150. The first kappa shape index (κ1) is 25.5. The number of carbonyl (C=O) groups excluding carboxylic acids is 1. The first-order valence-corrected chi connectivity index (χ1v) is 13.4. The number of carbonyl (C=O) groups is 1. The summed E-state index contributed by atoms with van der Waals surface area (Å²) >= 11 is 0. The zero-order chi connectivity index (χ0) is 24.8. The summed E-state index contributed by atoms with van der Waals surface area (Å²) in [4.78, 5) is 12.4. The molecule has 1 aromatic heterocycles. The molecule has 1 aliphatic carbocycles. The van der Waals surface area contributed by atoms with Crippen LogP contribution in [0.3, 0.4) is 0 Å². The van der Waals surface area contributed by atoms with E-state index in [1.54, 1.807) is 6.07 Å². The molecule has 0 aliphatic heterocycles. The van der Waals surface area contributed by atoms with Crippen molar-refractivity contribution >= 4 is 15.9 Å². The van der Waals surface area contributed by atoms with E-state index in [0.29, 0.717) is 11.6 Å². The van der Waals surface area contributed by atoms with Crippen LogP contribution in [0.2, 0.25) is 0 Å². The molecule has 0 unspecified atom stereocenters. The van der Waals surface area contributed by atoms with Gasteiger partial charge in [-0.1, -0.05) is 46.1 Å².